The fourth-order valence-corrected chi connectivity index (χ4v) is 2.19. The number of nitrogens with two attached hydrogens (primary N) is 1. The third-order valence-electron chi connectivity index (χ3n) is 1.89. The SMILES string of the molecule is C[C@@H](NS(=O)(=O)c1ccc(N)cc1)C(=O)O. The van der Waals surface area contributed by atoms with Crippen molar-refractivity contribution in [3.63, 3.8) is 0 Å². The standard InChI is InChI=1S/C9H12N2O4S/c1-6(9(12)13)11-16(14,15)8-4-2-7(10)3-5-8/h2-6,11H,10H2,1H3,(H,12,13)/t6-/m1/s1. The molecule has 7 heteroatoms. The number of nitrogen functional groups attached to an aromatic ring is 1. The van der Waals surface area contributed by atoms with Crippen LogP contribution in [0.25, 0.3) is 0 Å². The first-order chi connectivity index (χ1) is 7.33. The summed E-state index contributed by atoms with van der Waals surface area (Å²) in [6, 6.07) is 4.31. The topological polar surface area (TPSA) is 109 Å². The number of aliphatic carboxylic acids is 1. The molecule has 0 saturated carbocycles. The minimum Gasteiger partial charge on any atom is -0.480 e. The first-order valence-corrected chi connectivity index (χ1v) is 5.92. The number of carboxylic acid groups (broad SMARTS) is 1. The van der Waals surface area contributed by atoms with Crippen molar-refractivity contribution >= 4 is 21.7 Å². The molecule has 16 heavy (non-hydrogen) atoms. The first-order valence-electron chi connectivity index (χ1n) is 4.43. The van der Waals surface area contributed by atoms with Crippen molar-refractivity contribution in [3.8, 4) is 0 Å². The van der Waals surface area contributed by atoms with Gasteiger partial charge < -0.3 is 10.8 Å². The summed E-state index contributed by atoms with van der Waals surface area (Å²) in [5, 5.41) is 8.59. The van der Waals surface area contributed by atoms with Gasteiger partial charge in [0.2, 0.25) is 10.0 Å². The number of anilines is 1. The van der Waals surface area contributed by atoms with Crippen LogP contribution in [0.15, 0.2) is 29.2 Å². The number of sulfonamides is 1. The lowest BCUT2D eigenvalue weighted by Gasteiger charge is -2.10. The molecule has 0 saturated heterocycles. The van der Waals surface area contributed by atoms with E-state index in [-0.39, 0.29) is 4.90 Å². The van der Waals surface area contributed by atoms with Crippen LogP contribution >= 0.6 is 0 Å². The van der Waals surface area contributed by atoms with Gasteiger partial charge in [-0.05, 0) is 31.2 Å². The predicted octanol–water partition coefficient (Wildman–Crippen LogP) is 0.0202. The average Bonchev–Trinajstić information content (AvgIpc) is 2.17. The Morgan fingerprint density at radius 1 is 1.38 bits per heavy atom. The van der Waals surface area contributed by atoms with Crippen molar-refractivity contribution in [2.75, 3.05) is 5.73 Å². The zero-order chi connectivity index (χ0) is 12.3. The van der Waals surface area contributed by atoms with E-state index in [0.29, 0.717) is 5.69 Å². The molecule has 0 amide bonds. The summed E-state index contributed by atoms with van der Waals surface area (Å²) in [6.07, 6.45) is 0. The summed E-state index contributed by atoms with van der Waals surface area (Å²) in [6.45, 7) is 1.25. The summed E-state index contributed by atoms with van der Waals surface area (Å²) in [7, 11) is -3.81. The highest BCUT2D eigenvalue weighted by molar-refractivity contribution is 7.89. The second kappa shape index (κ2) is 4.50. The van der Waals surface area contributed by atoms with E-state index in [0.717, 1.165) is 0 Å². The number of hydrogen-bond donors (Lipinski definition) is 3. The molecule has 1 aromatic rings. The molecule has 0 radical (unpaired) electrons. The highest BCUT2D eigenvalue weighted by atomic mass is 32.2. The van der Waals surface area contributed by atoms with Gasteiger partial charge in [0.1, 0.15) is 6.04 Å². The number of carbonyl (C=O) groups is 1. The van der Waals surface area contributed by atoms with E-state index in [4.69, 9.17) is 10.8 Å². The number of benzene rings is 1. The normalized spacial score (nSPS) is 13.3. The van der Waals surface area contributed by atoms with E-state index < -0.39 is 22.0 Å². The Bertz CT molecular complexity index is 481. The van der Waals surface area contributed by atoms with Crippen molar-refractivity contribution in [2.24, 2.45) is 0 Å². The summed E-state index contributed by atoms with van der Waals surface area (Å²) < 4.78 is 25.3. The fraction of sp³-hybridized carbons (Fsp3) is 0.222. The van der Waals surface area contributed by atoms with Crippen LogP contribution in [0.4, 0.5) is 5.69 Å². The van der Waals surface area contributed by atoms with Crippen LogP contribution in [-0.4, -0.2) is 25.5 Å². The maximum Gasteiger partial charge on any atom is 0.321 e. The van der Waals surface area contributed by atoms with Gasteiger partial charge in [-0.3, -0.25) is 4.79 Å². The van der Waals surface area contributed by atoms with Crippen LogP contribution in [-0.2, 0) is 14.8 Å². The van der Waals surface area contributed by atoms with E-state index in [9.17, 15) is 13.2 Å². The molecule has 0 aliphatic rings. The first kappa shape index (κ1) is 12.5. The third kappa shape index (κ3) is 2.94. The highest BCUT2D eigenvalue weighted by Crippen LogP contribution is 2.11. The minimum absolute atomic E-state index is 0.0187. The van der Waals surface area contributed by atoms with Crippen LogP contribution in [0, 0.1) is 0 Å². The Balaban J connectivity index is 2.94. The Morgan fingerprint density at radius 2 is 1.88 bits per heavy atom. The summed E-state index contributed by atoms with van der Waals surface area (Å²) in [5.41, 5.74) is 5.85. The van der Waals surface area contributed by atoms with Crippen molar-refractivity contribution in [1.82, 2.24) is 4.72 Å². The van der Waals surface area contributed by atoms with Gasteiger partial charge in [-0.1, -0.05) is 0 Å². The Hall–Kier alpha value is -1.60. The molecule has 1 aromatic carbocycles. The zero-order valence-electron chi connectivity index (χ0n) is 8.54. The lowest BCUT2D eigenvalue weighted by atomic mass is 10.3. The van der Waals surface area contributed by atoms with E-state index in [2.05, 4.69) is 0 Å². The van der Waals surface area contributed by atoms with Gasteiger partial charge in [0, 0.05) is 5.69 Å². The zero-order valence-corrected chi connectivity index (χ0v) is 9.36. The minimum atomic E-state index is -3.81. The van der Waals surface area contributed by atoms with Gasteiger partial charge in [0.25, 0.3) is 0 Å². The van der Waals surface area contributed by atoms with Gasteiger partial charge in [-0.15, -0.1) is 0 Å². The second-order valence-electron chi connectivity index (χ2n) is 3.25. The van der Waals surface area contributed by atoms with Crippen molar-refractivity contribution in [3.05, 3.63) is 24.3 Å². The summed E-state index contributed by atoms with van der Waals surface area (Å²) >= 11 is 0. The van der Waals surface area contributed by atoms with Crippen molar-refractivity contribution in [2.45, 2.75) is 17.9 Å². The Labute approximate surface area is 93.1 Å². The van der Waals surface area contributed by atoms with Gasteiger partial charge in [-0.2, -0.15) is 4.72 Å². The summed E-state index contributed by atoms with van der Waals surface area (Å²) in [4.78, 5) is 10.5. The monoisotopic (exact) mass is 244 g/mol. The molecule has 1 atom stereocenters. The predicted molar refractivity (Wildman–Crippen MR) is 58.3 cm³/mol. The molecule has 0 aromatic heterocycles. The van der Waals surface area contributed by atoms with Crippen LogP contribution < -0.4 is 10.5 Å². The van der Waals surface area contributed by atoms with Gasteiger partial charge in [0.15, 0.2) is 0 Å². The molecule has 4 N–H and O–H groups in total. The average molecular weight is 244 g/mol. The highest BCUT2D eigenvalue weighted by Gasteiger charge is 2.20. The fourth-order valence-electron chi connectivity index (χ4n) is 0.998. The van der Waals surface area contributed by atoms with Gasteiger partial charge in [-0.25, -0.2) is 8.42 Å². The van der Waals surface area contributed by atoms with E-state index in [1.807, 2.05) is 4.72 Å². The van der Waals surface area contributed by atoms with E-state index in [1.165, 1.54) is 31.2 Å². The lowest BCUT2D eigenvalue weighted by Crippen LogP contribution is -2.38. The molecule has 0 aliphatic heterocycles. The van der Waals surface area contributed by atoms with E-state index in [1.54, 1.807) is 0 Å². The molecule has 88 valence electrons. The Kier molecular flexibility index (Phi) is 3.51. The number of rotatable bonds is 4. The number of hydrogen-bond acceptors (Lipinski definition) is 4. The Morgan fingerprint density at radius 3 is 2.31 bits per heavy atom. The molecule has 0 heterocycles. The molecule has 0 fully saturated rings. The molecular formula is C9H12N2O4S. The molecule has 1 rings (SSSR count). The van der Waals surface area contributed by atoms with Gasteiger partial charge >= 0.3 is 5.97 Å². The molecule has 6 nitrogen and oxygen atoms in total. The molecule has 0 unspecified atom stereocenters. The number of nitrogens with one attached hydrogen (secondary N) is 1. The van der Waals surface area contributed by atoms with E-state index >= 15 is 0 Å². The van der Waals surface area contributed by atoms with Crippen LogP contribution in [0.2, 0.25) is 0 Å². The van der Waals surface area contributed by atoms with Gasteiger partial charge in [0.05, 0.1) is 4.90 Å². The van der Waals surface area contributed by atoms with Crippen molar-refractivity contribution < 1.29 is 18.3 Å². The maximum atomic E-state index is 11.6. The lowest BCUT2D eigenvalue weighted by molar-refractivity contribution is -0.138. The summed E-state index contributed by atoms with van der Waals surface area (Å²) in [5.74, 6) is -1.24. The maximum absolute atomic E-state index is 11.6. The van der Waals surface area contributed by atoms with Crippen LogP contribution in [0.5, 0.6) is 0 Å². The smallest absolute Gasteiger partial charge is 0.321 e. The second-order valence-corrected chi connectivity index (χ2v) is 4.96. The van der Waals surface area contributed by atoms with Crippen LogP contribution in [0.3, 0.4) is 0 Å². The number of carboxylic acids is 1. The molecule has 0 aliphatic carbocycles. The van der Waals surface area contributed by atoms with Crippen LogP contribution in [0.1, 0.15) is 6.92 Å². The quantitative estimate of drug-likeness (QED) is 0.647. The van der Waals surface area contributed by atoms with Crippen molar-refractivity contribution in [1.29, 1.82) is 0 Å². The molecule has 0 spiro atoms. The largest absolute Gasteiger partial charge is 0.480 e. The third-order valence-corrected chi connectivity index (χ3v) is 3.45. The molecular weight excluding hydrogens is 232 g/mol. The molecule has 0 bridgehead atoms.